The van der Waals surface area contributed by atoms with Crippen LogP contribution in [0.1, 0.15) is 58.8 Å². The molecule has 0 heterocycles. The van der Waals surface area contributed by atoms with Crippen molar-refractivity contribution in [3.05, 3.63) is 0 Å². The Labute approximate surface area is 102 Å². The van der Waals surface area contributed by atoms with Gasteiger partial charge in [0.1, 0.15) is 0 Å². The van der Waals surface area contributed by atoms with Crippen molar-refractivity contribution >= 4 is 0 Å². The van der Waals surface area contributed by atoms with Gasteiger partial charge in [0.15, 0.2) is 0 Å². The van der Waals surface area contributed by atoms with E-state index in [-0.39, 0.29) is 5.54 Å². The Balaban J connectivity index is 2.25. The Morgan fingerprint density at radius 2 is 1.81 bits per heavy atom. The van der Waals surface area contributed by atoms with Gasteiger partial charge in [0, 0.05) is 5.54 Å². The van der Waals surface area contributed by atoms with Crippen LogP contribution in [0.3, 0.4) is 0 Å². The summed E-state index contributed by atoms with van der Waals surface area (Å²) in [7, 11) is 2.25. The van der Waals surface area contributed by atoms with Crippen molar-refractivity contribution in [1.29, 1.82) is 0 Å². The van der Waals surface area contributed by atoms with E-state index in [0.29, 0.717) is 0 Å². The van der Waals surface area contributed by atoms with Crippen molar-refractivity contribution in [1.82, 2.24) is 4.90 Å². The van der Waals surface area contributed by atoms with Gasteiger partial charge in [-0.2, -0.15) is 0 Å². The average Bonchev–Trinajstić information content (AvgIpc) is 2.27. The highest BCUT2D eigenvalue weighted by atomic mass is 15.2. The van der Waals surface area contributed by atoms with E-state index < -0.39 is 0 Å². The molecule has 2 N–H and O–H groups in total. The molecule has 0 bridgehead atoms. The second-order valence-electron chi connectivity index (χ2n) is 6.07. The zero-order valence-corrected chi connectivity index (χ0v) is 11.5. The maximum absolute atomic E-state index is 5.66. The Morgan fingerprint density at radius 3 is 2.38 bits per heavy atom. The molecule has 1 aliphatic rings. The SMILES string of the molecule is CN(CCC1CCCCC1)C(C)(C)CCN. The Kier molecular flexibility index (Phi) is 5.77. The van der Waals surface area contributed by atoms with Crippen molar-refractivity contribution in [2.75, 3.05) is 20.1 Å². The molecule has 16 heavy (non-hydrogen) atoms. The lowest BCUT2D eigenvalue weighted by Gasteiger charge is -2.36. The van der Waals surface area contributed by atoms with Crippen LogP contribution in [0.2, 0.25) is 0 Å². The van der Waals surface area contributed by atoms with E-state index in [1.54, 1.807) is 0 Å². The molecule has 0 amide bonds. The minimum Gasteiger partial charge on any atom is -0.330 e. The van der Waals surface area contributed by atoms with E-state index in [1.165, 1.54) is 45.1 Å². The minimum absolute atomic E-state index is 0.267. The predicted molar refractivity (Wildman–Crippen MR) is 71.6 cm³/mol. The standard InChI is InChI=1S/C14H30N2/c1-14(2,10-11-15)16(3)12-9-13-7-5-4-6-8-13/h13H,4-12,15H2,1-3H3. The summed E-state index contributed by atoms with van der Waals surface area (Å²) in [5.74, 6) is 0.991. The molecule has 96 valence electrons. The van der Waals surface area contributed by atoms with E-state index in [4.69, 9.17) is 5.73 Å². The Hall–Kier alpha value is -0.0800. The summed E-state index contributed by atoms with van der Waals surface area (Å²) in [5, 5.41) is 0. The van der Waals surface area contributed by atoms with E-state index in [2.05, 4.69) is 25.8 Å². The van der Waals surface area contributed by atoms with Gasteiger partial charge in [-0.25, -0.2) is 0 Å². The number of rotatable bonds is 6. The molecular formula is C14H30N2. The van der Waals surface area contributed by atoms with E-state index >= 15 is 0 Å². The first kappa shape index (κ1) is 14.0. The van der Waals surface area contributed by atoms with Gasteiger partial charge in [-0.3, -0.25) is 0 Å². The molecule has 0 aromatic carbocycles. The molecule has 1 rings (SSSR count). The van der Waals surface area contributed by atoms with E-state index in [0.717, 1.165) is 18.9 Å². The lowest BCUT2D eigenvalue weighted by atomic mass is 9.86. The summed E-state index contributed by atoms with van der Waals surface area (Å²) in [6.45, 7) is 6.64. The lowest BCUT2D eigenvalue weighted by Crippen LogP contribution is -2.43. The first-order valence-electron chi connectivity index (χ1n) is 6.97. The molecule has 1 fully saturated rings. The second-order valence-corrected chi connectivity index (χ2v) is 6.07. The van der Waals surface area contributed by atoms with Crippen molar-refractivity contribution in [2.24, 2.45) is 11.7 Å². The molecule has 0 atom stereocenters. The van der Waals surface area contributed by atoms with Gasteiger partial charge in [-0.1, -0.05) is 32.1 Å². The third-order valence-electron chi connectivity index (χ3n) is 4.39. The maximum Gasteiger partial charge on any atom is 0.0162 e. The van der Waals surface area contributed by atoms with Gasteiger partial charge in [-0.05, 0) is 52.7 Å². The zero-order chi connectivity index (χ0) is 12.0. The van der Waals surface area contributed by atoms with Crippen molar-refractivity contribution in [3.63, 3.8) is 0 Å². The minimum atomic E-state index is 0.267. The van der Waals surface area contributed by atoms with Gasteiger partial charge in [-0.15, -0.1) is 0 Å². The summed E-state index contributed by atoms with van der Waals surface area (Å²) < 4.78 is 0. The summed E-state index contributed by atoms with van der Waals surface area (Å²) in [4.78, 5) is 2.49. The fourth-order valence-electron chi connectivity index (χ4n) is 2.70. The van der Waals surface area contributed by atoms with Crippen LogP contribution in [-0.4, -0.2) is 30.6 Å². The topological polar surface area (TPSA) is 29.3 Å². The van der Waals surface area contributed by atoms with Crippen LogP contribution in [0, 0.1) is 5.92 Å². The molecule has 0 aromatic rings. The first-order chi connectivity index (χ1) is 7.56. The molecular weight excluding hydrogens is 196 g/mol. The molecule has 2 heteroatoms. The molecule has 1 saturated carbocycles. The Bertz CT molecular complexity index is 183. The first-order valence-corrected chi connectivity index (χ1v) is 6.97. The molecule has 2 nitrogen and oxygen atoms in total. The van der Waals surface area contributed by atoms with E-state index in [9.17, 15) is 0 Å². The van der Waals surface area contributed by atoms with Crippen LogP contribution < -0.4 is 5.73 Å². The molecule has 0 aliphatic heterocycles. The number of nitrogens with two attached hydrogens (primary N) is 1. The number of hydrogen-bond acceptors (Lipinski definition) is 2. The molecule has 0 aromatic heterocycles. The third kappa shape index (κ3) is 4.42. The normalized spacial score (nSPS) is 19.3. The zero-order valence-electron chi connectivity index (χ0n) is 11.5. The highest BCUT2D eigenvalue weighted by molar-refractivity contribution is 4.80. The van der Waals surface area contributed by atoms with Gasteiger partial charge >= 0.3 is 0 Å². The van der Waals surface area contributed by atoms with Crippen molar-refractivity contribution in [2.45, 2.75) is 64.3 Å². The quantitative estimate of drug-likeness (QED) is 0.754. The van der Waals surface area contributed by atoms with E-state index in [1.807, 2.05) is 0 Å². The summed E-state index contributed by atoms with van der Waals surface area (Å²) >= 11 is 0. The average molecular weight is 226 g/mol. The number of nitrogens with zero attached hydrogens (tertiary/aromatic N) is 1. The van der Waals surface area contributed by atoms with Crippen LogP contribution in [-0.2, 0) is 0 Å². The van der Waals surface area contributed by atoms with Gasteiger partial charge in [0.25, 0.3) is 0 Å². The number of hydrogen-bond donors (Lipinski definition) is 1. The fraction of sp³-hybridized carbons (Fsp3) is 1.00. The second kappa shape index (κ2) is 6.61. The van der Waals surface area contributed by atoms with Crippen molar-refractivity contribution in [3.8, 4) is 0 Å². The molecule has 0 unspecified atom stereocenters. The van der Waals surface area contributed by atoms with Crippen LogP contribution in [0.4, 0.5) is 0 Å². The highest BCUT2D eigenvalue weighted by Gasteiger charge is 2.23. The largest absolute Gasteiger partial charge is 0.330 e. The van der Waals surface area contributed by atoms with Gasteiger partial charge in [0.05, 0.1) is 0 Å². The predicted octanol–water partition coefficient (Wildman–Crippen LogP) is 3.02. The van der Waals surface area contributed by atoms with Crippen LogP contribution >= 0.6 is 0 Å². The fourth-order valence-corrected chi connectivity index (χ4v) is 2.70. The van der Waals surface area contributed by atoms with Crippen LogP contribution in [0.15, 0.2) is 0 Å². The van der Waals surface area contributed by atoms with Gasteiger partial charge < -0.3 is 10.6 Å². The maximum atomic E-state index is 5.66. The monoisotopic (exact) mass is 226 g/mol. The highest BCUT2D eigenvalue weighted by Crippen LogP contribution is 2.27. The van der Waals surface area contributed by atoms with Crippen molar-refractivity contribution < 1.29 is 0 Å². The lowest BCUT2D eigenvalue weighted by molar-refractivity contribution is 0.133. The molecule has 1 aliphatic carbocycles. The molecule has 0 spiro atoms. The Morgan fingerprint density at radius 1 is 1.19 bits per heavy atom. The van der Waals surface area contributed by atoms with Gasteiger partial charge in [0.2, 0.25) is 0 Å². The summed E-state index contributed by atoms with van der Waals surface area (Å²) in [5.41, 5.74) is 5.93. The molecule has 0 radical (unpaired) electrons. The third-order valence-corrected chi connectivity index (χ3v) is 4.39. The molecule has 0 saturated heterocycles. The van der Waals surface area contributed by atoms with Crippen LogP contribution in [0.25, 0.3) is 0 Å². The summed E-state index contributed by atoms with van der Waals surface area (Å²) in [6.07, 6.45) is 9.78. The summed E-state index contributed by atoms with van der Waals surface area (Å²) in [6, 6.07) is 0. The smallest absolute Gasteiger partial charge is 0.0162 e. The van der Waals surface area contributed by atoms with Crippen LogP contribution in [0.5, 0.6) is 0 Å².